The first-order valence-corrected chi connectivity index (χ1v) is 7.09. The van der Waals surface area contributed by atoms with Crippen LogP contribution >= 0.6 is 11.6 Å². The standard InChI is InChI=1S/C15H12ClFN2O4/c1-21-19-5-4-10(17)13(14(19)16)15(20)18-7-9-2-3-11-12(6-9)23-8-22-11/h2-6H,7-8H2,1H3/p+1. The Morgan fingerprint density at radius 3 is 2.96 bits per heavy atom. The first-order chi connectivity index (χ1) is 11.1. The van der Waals surface area contributed by atoms with Crippen molar-refractivity contribution < 1.29 is 28.2 Å². The summed E-state index contributed by atoms with van der Waals surface area (Å²) >= 11 is 5.97. The number of rotatable bonds is 4. The van der Waals surface area contributed by atoms with Crippen LogP contribution in [0.1, 0.15) is 15.9 Å². The summed E-state index contributed by atoms with van der Waals surface area (Å²) in [4.78, 5) is 17.1. The van der Waals surface area contributed by atoms with Crippen LogP contribution in [0.4, 0.5) is 4.39 Å². The van der Waals surface area contributed by atoms with Gasteiger partial charge in [-0.2, -0.15) is 0 Å². The Labute approximate surface area is 136 Å². The third-order valence-corrected chi connectivity index (χ3v) is 3.66. The number of nitrogens with zero attached hydrogens (tertiary/aromatic N) is 1. The summed E-state index contributed by atoms with van der Waals surface area (Å²) in [5.74, 6) is -0.112. The van der Waals surface area contributed by atoms with Crippen molar-refractivity contribution in [3.8, 4) is 11.5 Å². The van der Waals surface area contributed by atoms with Crippen LogP contribution in [0, 0.1) is 5.82 Å². The number of benzene rings is 1. The Balaban J connectivity index is 1.75. The third-order valence-electron chi connectivity index (χ3n) is 3.31. The van der Waals surface area contributed by atoms with Gasteiger partial charge in [0.15, 0.2) is 17.1 Å². The molecule has 1 N–H and O–H groups in total. The number of halogens is 2. The predicted octanol–water partition coefficient (Wildman–Crippen LogP) is 1.48. The molecule has 2 aromatic rings. The summed E-state index contributed by atoms with van der Waals surface area (Å²) in [6.07, 6.45) is 1.28. The number of carbonyl (C=O) groups is 1. The van der Waals surface area contributed by atoms with E-state index in [2.05, 4.69) is 5.32 Å². The van der Waals surface area contributed by atoms with E-state index >= 15 is 0 Å². The van der Waals surface area contributed by atoms with Crippen LogP contribution in [0.5, 0.6) is 11.5 Å². The highest BCUT2D eigenvalue weighted by molar-refractivity contribution is 6.31. The van der Waals surface area contributed by atoms with E-state index in [0.29, 0.717) is 11.5 Å². The molecule has 1 aliphatic heterocycles. The first-order valence-electron chi connectivity index (χ1n) is 6.71. The average molecular weight is 340 g/mol. The molecule has 1 amide bonds. The van der Waals surface area contributed by atoms with Crippen LogP contribution in [0.3, 0.4) is 0 Å². The Morgan fingerprint density at radius 1 is 1.39 bits per heavy atom. The molecule has 23 heavy (non-hydrogen) atoms. The number of hydrogen-bond donors (Lipinski definition) is 1. The number of pyridine rings is 1. The van der Waals surface area contributed by atoms with Crippen LogP contribution in [-0.2, 0) is 6.54 Å². The minimum atomic E-state index is -0.730. The monoisotopic (exact) mass is 339 g/mol. The van der Waals surface area contributed by atoms with Crippen molar-refractivity contribution in [2.24, 2.45) is 0 Å². The lowest BCUT2D eigenvalue weighted by Crippen LogP contribution is -2.43. The second-order valence-electron chi connectivity index (χ2n) is 4.71. The molecule has 0 radical (unpaired) electrons. The summed E-state index contributed by atoms with van der Waals surface area (Å²) in [5, 5.41) is 2.47. The van der Waals surface area contributed by atoms with E-state index in [9.17, 15) is 9.18 Å². The topological polar surface area (TPSA) is 60.7 Å². The number of nitrogens with one attached hydrogen (secondary N) is 1. The lowest BCUT2D eigenvalue weighted by atomic mass is 10.2. The Hall–Kier alpha value is -2.54. The van der Waals surface area contributed by atoms with Gasteiger partial charge in [0.1, 0.15) is 12.9 Å². The zero-order valence-corrected chi connectivity index (χ0v) is 12.9. The molecule has 1 aliphatic rings. The Kier molecular flexibility index (Phi) is 4.20. The van der Waals surface area contributed by atoms with Gasteiger partial charge in [-0.3, -0.25) is 9.63 Å². The van der Waals surface area contributed by atoms with Gasteiger partial charge >= 0.3 is 5.15 Å². The van der Waals surface area contributed by atoms with Crippen LogP contribution in [0.2, 0.25) is 5.15 Å². The maximum Gasteiger partial charge on any atom is 0.341 e. The molecule has 6 nitrogen and oxygen atoms in total. The van der Waals surface area contributed by atoms with E-state index in [4.69, 9.17) is 25.9 Å². The fraction of sp³-hybridized carbons (Fsp3) is 0.200. The van der Waals surface area contributed by atoms with Crippen molar-refractivity contribution in [3.63, 3.8) is 0 Å². The van der Waals surface area contributed by atoms with Gasteiger partial charge in [0.2, 0.25) is 13.0 Å². The first kappa shape index (κ1) is 15.4. The molecule has 0 atom stereocenters. The summed E-state index contributed by atoms with van der Waals surface area (Å²) < 4.78 is 25.4. The molecular formula is C15H13ClFN2O4+. The van der Waals surface area contributed by atoms with Crippen molar-refractivity contribution in [2.45, 2.75) is 6.54 Å². The number of fused-ring (bicyclic) bond motifs is 1. The lowest BCUT2D eigenvalue weighted by molar-refractivity contribution is -0.883. The van der Waals surface area contributed by atoms with Gasteiger partial charge in [0.05, 0.1) is 0 Å². The molecule has 0 spiro atoms. The third kappa shape index (κ3) is 3.00. The van der Waals surface area contributed by atoms with Crippen molar-refractivity contribution >= 4 is 17.5 Å². The highest BCUT2D eigenvalue weighted by Crippen LogP contribution is 2.32. The minimum Gasteiger partial charge on any atom is -0.454 e. The van der Waals surface area contributed by atoms with Crippen LogP contribution in [-0.4, -0.2) is 19.8 Å². The van der Waals surface area contributed by atoms with E-state index in [1.807, 2.05) is 0 Å². The van der Waals surface area contributed by atoms with Gasteiger partial charge in [-0.15, -0.1) is 0 Å². The number of aromatic nitrogens is 1. The van der Waals surface area contributed by atoms with Crippen LogP contribution < -0.4 is 24.4 Å². The van der Waals surface area contributed by atoms with Gasteiger partial charge in [-0.05, 0) is 29.3 Å². The van der Waals surface area contributed by atoms with Gasteiger partial charge in [-0.25, -0.2) is 4.39 Å². The zero-order valence-electron chi connectivity index (χ0n) is 12.1. The molecule has 0 saturated heterocycles. The fourth-order valence-electron chi connectivity index (χ4n) is 2.16. The molecule has 0 aliphatic carbocycles. The molecule has 0 fully saturated rings. The van der Waals surface area contributed by atoms with Gasteiger partial charge in [0.25, 0.3) is 5.91 Å². The van der Waals surface area contributed by atoms with Crippen LogP contribution in [0.25, 0.3) is 0 Å². The van der Waals surface area contributed by atoms with Gasteiger partial charge in [-0.1, -0.05) is 6.07 Å². The smallest absolute Gasteiger partial charge is 0.341 e. The largest absolute Gasteiger partial charge is 0.454 e. The van der Waals surface area contributed by atoms with Crippen molar-refractivity contribution in [2.75, 3.05) is 13.9 Å². The molecule has 1 aromatic heterocycles. The maximum absolute atomic E-state index is 13.9. The van der Waals surface area contributed by atoms with E-state index in [-0.39, 0.29) is 24.1 Å². The molecule has 120 valence electrons. The highest BCUT2D eigenvalue weighted by atomic mass is 35.5. The SMILES string of the molecule is CO[n+]1ccc(F)c(C(=O)NCc2ccc3c(c2)OCO3)c1Cl. The van der Waals surface area contributed by atoms with E-state index in [1.54, 1.807) is 18.2 Å². The van der Waals surface area contributed by atoms with Crippen LogP contribution in [0.15, 0.2) is 30.5 Å². The molecule has 0 unspecified atom stereocenters. The quantitative estimate of drug-likeness (QED) is 0.677. The molecule has 3 rings (SSSR count). The number of ether oxygens (including phenoxy) is 2. The highest BCUT2D eigenvalue weighted by Gasteiger charge is 2.26. The second-order valence-corrected chi connectivity index (χ2v) is 5.07. The summed E-state index contributed by atoms with van der Waals surface area (Å²) in [5.41, 5.74) is 0.506. The maximum atomic E-state index is 13.9. The average Bonchev–Trinajstić information content (AvgIpc) is 3.00. The lowest BCUT2D eigenvalue weighted by Gasteiger charge is -2.07. The van der Waals surface area contributed by atoms with Crippen molar-refractivity contribution in [1.29, 1.82) is 0 Å². The molecule has 2 heterocycles. The number of amides is 1. The molecule has 8 heteroatoms. The summed E-state index contributed by atoms with van der Waals surface area (Å²) in [6, 6.07) is 6.39. The Morgan fingerprint density at radius 2 is 2.17 bits per heavy atom. The summed E-state index contributed by atoms with van der Waals surface area (Å²) in [7, 11) is 1.36. The van der Waals surface area contributed by atoms with E-state index in [0.717, 1.165) is 16.4 Å². The van der Waals surface area contributed by atoms with Gasteiger partial charge in [0, 0.05) is 17.3 Å². The molecule has 1 aromatic carbocycles. The molecule has 0 bridgehead atoms. The zero-order chi connectivity index (χ0) is 16.4. The fourth-order valence-corrected chi connectivity index (χ4v) is 2.46. The number of carbonyl (C=O) groups excluding carboxylic acids is 1. The Bertz CT molecular complexity index is 769. The van der Waals surface area contributed by atoms with E-state index < -0.39 is 11.7 Å². The van der Waals surface area contributed by atoms with Crippen molar-refractivity contribution in [3.05, 3.63) is 52.6 Å². The summed E-state index contributed by atoms with van der Waals surface area (Å²) in [6.45, 7) is 0.361. The molecular weight excluding hydrogens is 327 g/mol. The van der Waals surface area contributed by atoms with Gasteiger partial charge < -0.3 is 14.8 Å². The number of hydrogen-bond acceptors (Lipinski definition) is 4. The second kappa shape index (κ2) is 6.29. The van der Waals surface area contributed by atoms with Crippen molar-refractivity contribution in [1.82, 2.24) is 5.32 Å². The normalized spacial score (nSPS) is 12.1. The predicted molar refractivity (Wildman–Crippen MR) is 77.8 cm³/mol. The minimum absolute atomic E-state index is 0.143. The van der Waals surface area contributed by atoms with E-state index in [1.165, 1.54) is 13.3 Å². The molecule has 0 saturated carbocycles.